The molecule has 4 N–H and O–H groups in total. The summed E-state index contributed by atoms with van der Waals surface area (Å²) in [5.74, 6) is -0.945. The smallest absolute Gasteiger partial charge is 0.303 e. The van der Waals surface area contributed by atoms with Crippen LogP contribution in [-0.2, 0) is 9.53 Å². The van der Waals surface area contributed by atoms with Crippen LogP contribution in [0.25, 0.3) is 0 Å². The molecule has 0 unspecified atom stereocenters. The van der Waals surface area contributed by atoms with Crippen LogP contribution >= 0.6 is 0 Å². The van der Waals surface area contributed by atoms with Crippen molar-refractivity contribution >= 4 is 5.97 Å². The largest absolute Gasteiger partial charge is 0.481 e. The molecule has 1 rings (SSSR count). The highest BCUT2D eigenvalue weighted by atomic mass is 16.5. The summed E-state index contributed by atoms with van der Waals surface area (Å²) in [6.07, 6.45) is 15.3. The van der Waals surface area contributed by atoms with Crippen molar-refractivity contribution in [2.75, 3.05) is 0 Å². The van der Waals surface area contributed by atoms with Crippen LogP contribution in [0, 0.1) is 0 Å². The van der Waals surface area contributed by atoms with Crippen LogP contribution in [0.1, 0.15) is 51.9 Å². The maximum atomic E-state index is 10.6. The molecule has 28 heavy (non-hydrogen) atoms. The van der Waals surface area contributed by atoms with Gasteiger partial charge in [-0.1, -0.05) is 55.5 Å². The van der Waals surface area contributed by atoms with E-state index in [1.54, 1.807) is 0 Å². The lowest BCUT2D eigenvalue weighted by molar-refractivity contribution is -0.138. The number of hydrogen-bond donors (Lipinski definition) is 4. The fourth-order valence-corrected chi connectivity index (χ4v) is 2.90. The third-order valence-electron chi connectivity index (χ3n) is 4.46. The molecular weight excluding hydrogens is 360 g/mol. The van der Waals surface area contributed by atoms with E-state index in [4.69, 9.17) is 9.84 Å². The van der Waals surface area contributed by atoms with Gasteiger partial charge in [-0.2, -0.15) is 0 Å². The highest BCUT2D eigenvalue weighted by Crippen LogP contribution is 2.26. The Hall–Kier alpha value is -1.73. The molecule has 0 aromatic heterocycles. The van der Waals surface area contributed by atoms with Crippen molar-refractivity contribution in [2.45, 2.75) is 82.4 Å². The topological polar surface area (TPSA) is 107 Å². The van der Waals surface area contributed by atoms with E-state index < -0.39 is 36.5 Å². The van der Waals surface area contributed by atoms with E-state index in [0.29, 0.717) is 6.42 Å². The molecule has 6 heteroatoms. The van der Waals surface area contributed by atoms with Gasteiger partial charge in [-0.15, -0.1) is 0 Å². The van der Waals surface area contributed by atoms with Crippen molar-refractivity contribution in [3.05, 3.63) is 48.6 Å². The van der Waals surface area contributed by atoms with Gasteiger partial charge in [0.2, 0.25) is 0 Å². The molecule has 158 valence electrons. The summed E-state index contributed by atoms with van der Waals surface area (Å²) in [6.45, 7) is 2.10. The van der Waals surface area contributed by atoms with Gasteiger partial charge in [0, 0.05) is 12.8 Å². The first-order chi connectivity index (χ1) is 13.4. The molecule has 0 aromatic rings. The normalized spacial score (nSPS) is 25.5. The average molecular weight is 395 g/mol. The maximum absolute atomic E-state index is 10.6. The molecule has 0 spiro atoms. The molecule has 6 nitrogen and oxygen atoms in total. The van der Waals surface area contributed by atoms with Crippen LogP contribution in [0.2, 0.25) is 0 Å². The monoisotopic (exact) mass is 394 g/mol. The fourth-order valence-electron chi connectivity index (χ4n) is 2.90. The van der Waals surface area contributed by atoms with E-state index in [9.17, 15) is 20.1 Å². The van der Waals surface area contributed by atoms with Crippen LogP contribution in [0.15, 0.2) is 48.6 Å². The summed E-state index contributed by atoms with van der Waals surface area (Å²) < 4.78 is 5.56. The molecule has 0 aromatic carbocycles. The SMILES string of the molecule is CC/C=C\C/C=C\C/C=C\C[C@H](O)/C=C/[C@H](O)[C@@H]1C[C@@H](O)[C@@H](CCC(=O)O)O1. The molecule has 1 aliphatic rings. The number of hydrogen-bond acceptors (Lipinski definition) is 5. The third kappa shape index (κ3) is 10.6. The first-order valence-corrected chi connectivity index (χ1v) is 9.98. The zero-order valence-corrected chi connectivity index (χ0v) is 16.6. The van der Waals surface area contributed by atoms with Gasteiger partial charge in [0.1, 0.15) is 0 Å². The minimum Gasteiger partial charge on any atom is -0.481 e. The standard InChI is InChI=1S/C22H34O6/c1-2-3-4-5-6-7-8-9-10-11-17(23)12-13-18(24)21-16-19(25)20(28-21)14-15-22(26)27/h3-4,6-7,9-10,12-13,17-21,23-25H,2,5,8,11,14-16H2,1H3,(H,26,27)/b4-3-,7-6-,10-9-,13-12+/t17-,18-,19+,20+,21-/m0/s1. The van der Waals surface area contributed by atoms with Crippen molar-refractivity contribution in [2.24, 2.45) is 0 Å². The number of aliphatic hydroxyl groups excluding tert-OH is 3. The van der Waals surface area contributed by atoms with E-state index in [2.05, 4.69) is 31.2 Å². The number of aliphatic hydroxyl groups is 3. The number of allylic oxidation sites excluding steroid dienone is 5. The number of rotatable bonds is 13. The summed E-state index contributed by atoms with van der Waals surface area (Å²) in [5.41, 5.74) is 0. The second-order valence-electron chi connectivity index (χ2n) is 6.92. The van der Waals surface area contributed by atoms with E-state index in [0.717, 1.165) is 19.3 Å². The summed E-state index contributed by atoms with van der Waals surface area (Å²) in [4.78, 5) is 10.6. The van der Waals surface area contributed by atoms with Crippen molar-refractivity contribution < 1.29 is 30.0 Å². The van der Waals surface area contributed by atoms with Gasteiger partial charge in [-0.25, -0.2) is 0 Å². The maximum Gasteiger partial charge on any atom is 0.303 e. The predicted octanol–water partition coefficient (Wildman–Crippen LogP) is 2.90. The molecule has 0 bridgehead atoms. The lowest BCUT2D eigenvalue weighted by Crippen LogP contribution is -2.25. The Morgan fingerprint density at radius 3 is 2.36 bits per heavy atom. The molecule has 0 saturated carbocycles. The first kappa shape index (κ1) is 24.3. The Morgan fingerprint density at radius 2 is 1.71 bits per heavy atom. The molecule has 0 radical (unpaired) electrons. The Morgan fingerprint density at radius 1 is 1.07 bits per heavy atom. The Balaban J connectivity index is 2.28. The van der Waals surface area contributed by atoms with E-state index in [1.165, 1.54) is 12.2 Å². The second-order valence-corrected chi connectivity index (χ2v) is 6.92. The summed E-state index contributed by atoms with van der Waals surface area (Å²) in [5, 5.41) is 38.7. The number of aliphatic carboxylic acids is 1. The highest BCUT2D eigenvalue weighted by molar-refractivity contribution is 5.66. The van der Waals surface area contributed by atoms with Crippen molar-refractivity contribution in [1.29, 1.82) is 0 Å². The Kier molecular flexibility index (Phi) is 12.4. The van der Waals surface area contributed by atoms with Gasteiger partial charge < -0.3 is 25.2 Å². The molecule has 1 aliphatic heterocycles. The number of carboxylic acids is 1. The average Bonchev–Trinajstić information content (AvgIpc) is 3.04. The van der Waals surface area contributed by atoms with Gasteiger partial charge in [0.25, 0.3) is 0 Å². The second kappa shape index (κ2) is 14.3. The van der Waals surface area contributed by atoms with Gasteiger partial charge in [-0.3, -0.25) is 4.79 Å². The zero-order chi connectivity index (χ0) is 20.8. The van der Waals surface area contributed by atoms with Crippen molar-refractivity contribution in [3.8, 4) is 0 Å². The van der Waals surface area contributed by atoms with Crippen LogP contribution < -0.4 is 0 Å². The molecule has 1 saturated heterocycles. The van der Waals surface area contributed by atoms with E-state index in [1.807, 2.05) is 12.2 Å². The molecule has 5 atom stereocenters. The van der Waals surface area contributed by atoms with Crippen LogP contribution in [0.4, 0.5) is 0 Å². The lowest BCUT2D eigenvalue weighted by atomic mass is 10.0. The van der Waals surface area contributed by atoms with Gasteiger partial charge in [-0.05, 0) is 32.1 Å². The highest BCUT2D eigenvalue weighted by Gasteiger charge is 2.36. The Bertz CT molecular complexity index is 551. The van der Waals surface area contributed by atoms with E-state index >= 15 is 0 Å². The molecule has 0 aliphatic carbocycles. The zero-order valence-electron chi connectivity index (χ0n) is 16.6. The van der Waals surface area contributed by atoms with Gasteiger partial charge in [0.05, 0.1) is 30.5 Å². The van der Waals surface area contributed by atoms with Crippen LogP contribution in [0.5, 0.6) is 0 Å². The predicted molar refractivity (Wildman–Crippen MR) is 109 cm³/mol. The number of carboxylic acid groups (broad SMARTS) is 1. The fraction of sp³-hybridized carbons (Fsp3) is 0.591. The number of ether oxygens (including phenoxy) is 1. The van der Waals surface area contributed by atoms with Gasteiger partial charge in [0.15, 0.2) is 0 Å². The van der Waals surface area contributed by atoms with Crippen molar-refractivity contribution in [3.63, 3.8) is 0 Å². The molecule has 1 fully saturated rings. The summed E-state index contributed by atoms with van der Waals surface area (Å²) in [6, 6.07) is 0. The van der Waals surface area contributed by atoms with Crippen LogP contribution in [-0.4, -0.2) is 56.9 Å². The quantitative estimate of drug-likeness (QED) is 0.358. The van der Waals surface area contributed by atoms with E-state index in [-0.39, 0.29) is 19.3 Å². The molecule has 1 heterocycles. The third-order valence-corrected chi connectivity index (χ3v) is 4.46. The minimum absolute atomic E-state index is 0.0872. The summed E-state index contributed by atoms with van der Waals surface area (Å²) in [7, 11) is 0. The van der Waals surface area contributed by atoms with Crippen molar-refractivity contribution in [1.82, 2.24) is 0 Å². The molecular formula is C22H34O6. The minimum atomic E-state index is -0.956. The van der Waals surface area contributed by atoms with Crippen LogP contribution in [0.3, 0.4) is 0 Å². The first-order valence-electron chi connectivity index (χ1n) is 9.98. The Labute approximate surface area is 167 Å². The number of carbonyl (C=O) groups is 1. The molecule has 0 amide bonds. The summed E-state index contributed by atoms with van der Waals surface area (Å²) >= 11 is 0. The lowest BCUT2D eigenvalue weighted by Gasteiger charge is -2.16. The van der Waals surface area contributed by atoms with Gasteiger partial charge >= 0.3 is 5.97 Å².